The lowest BCUT2D eigenvalue weighted by atomic mass is 10.2. The molecule has 1 aromatic carbocycles. The maximum Gasteiger partial charge on any atom is 0.325 e. The molecule has 6 heteroatoms. The molecule has 96 valence electrons. The van der Waals surface area contributed by atoms with E-state index in [0.29, 0.717) is 6.54 Å². The molecule has 0 saturated carbocycles. The third-order valence-corrected chi connectivity index (χ3v) is 2.45. The molecule has 0 spiro atoms. The molecule has 0 bridgehead atoms. The molecule has 1 rings (SSSR count). The average molecular weight is 254 g/mol. The minimum atomic E-state index is -1.21. The molecule has 0 aliphatic heterocycles. The summed E-state index contributed by atoms with van der Waals surface area (Å²) in [7, 11) is 1.21. The number of halogens is 2. The largest absolute Gasteiger partial charge is 0.468 e. The van der Waals surface area contributed by atoms with Crippen LogP contribution in [-0.4, -0.2) is 26.2 Å². The quantitative estimate of drug-likeness (QED) is 0.769. The average Bonchev–Trinajstić information content (AvgIpc) is 2.39. The molecule has 4 nitrogen and oxygen atoms in total. The number of esters is 1. The normalized spacial score (nSPS) is 9.72. The van der Waals surface area contributed by atoms with E-state index in [1.54, 1.807) is 13.0 Å². The Morgan fingerprint density at radius 1 is 1.44 bits per heavy atom. The zero-order valence-electron chi connectivity index (χ0n) is 10.0. The van der Waals surface area contributed by atoms with Gasteiger partial charge in [-0.05, 0) is 19.1 Å². The Hall–Kier alpha value is -2.16. The van der Waals surface area contributed by atoms with Crippen LogP contribution < -0.4 is 4.90 Å². The first-order chi connectivity index (χ1) is 8.54. The summed E-state index contributed by atoms with van der Waals surface area (Å²) in [5, 5.41) is 8.57. The number of anilines is 1. The van der Waals surface area contributed by atoms with Gasteiger partial charge in [-0.3, -0.25) is 4.79 Å². The fourth-order valence-electron chi connectivity index (χ4n) is 1.46. The zero-order chi connectivity index (χ0) is 13.7. The fourth-order valence-corrected chi connectivity index (χ4v) is 1.46. The first-order valence-corrected chi connectivity index (χ1v) is 5.25. The Kier molecular flexibility index (Phi) is 4.60. The van der Waals surface area contributed by atoms with Crippen molar-refractivity contribution in [3.8, 4) is 6.07 Å². The van der Waals surface area contributed by atoms with E-state index in [4.69, 9.17) is 5.26 Å². The van der Waals surface area contributed by atoms with Crippen molar-refractivity contribution in [2.24, 2.45) is 0 Å². The van der Waals surface area contributed by atoms with Gasteiger partial charge in [-0.2, -0.15) is 5.26 Å². The highest BCUT2D eigenvalue weighted by Gasteiger charge is 2.19. The third-order valence-electron chi connectivity index (χ3n) is 2.45. The lowest BCUT2D eigenvalue weighted by Crippen LogP contribution is -2.31. The Bertz CT molecular complexity index is 498. The van der Waals surface area contributed by atoms with Gasteiger partial charge in [0.2, 0.25) is 0 Å². The van der Waals surface area contributed by atoms with Crippen LogP contribution in [0.2, 0.25) is 0 Å². The summed E-state index contributed by atoms with van der Waals surface area (Å²) in [6.45, 7) is 1.81. The monoisotopic (exact) mass is 254 g/mol. The van der Waals surface area contributed by atoms with Crippen LogP contribution >= 0.6 is 0 Å². The Labute approximate surface area is 103 Å². The fraction of sp³-hybridized carbons (Fsp3) is 0.333. The standard InChI is InChI=1S/C12H12F2N2O2/c1-3-16(7-10(17)18-2)9-5-4-8(6-15)11(13)12(9)14/h4-5H,3,7H2,1-2H3. The Balaban J connectivity index is 3.12. The van der Waals surface area contributed by atoms with Crippen molar-refractivity contribution in [3.05, 3.63) is 29.3 Å². The van der Waals surface area contributed by atoms with Crippen LogP contribution in [0.1, 0.15) is 12.5 Å². The lowest BCUT2D eigenvalue weighted by molar-refractivity contribution is -0.138. The summed E-state index contributed by atoms with van der Waals surface area (Å²) in [5.74, 6) is -2.90. The van der Waals surface area contributed by atoms with Gasteiger partial charge >= 0.3 is 5.97 Å². The molecule has 0 aliphatic rings. The summed E-state index contributed by atoms with van der Waals surface area (Å²) in [5.41, 5.74) is -0.440. The highest BCUT2D eigenvalue weighted by atomic mass is 19.2. The molecular weight excluding hydrogens is 242 g/mol. The van der Waals surface area contributed by atoms with Crippen LogP contribution in [0.25, 0.3) is 0 Å². The van der Waals surface area contributed by atoms with Crippen molar-refractivity contribution in [2.75, 3.05) is 25.1 Å². The first-order valence-electron chi connectivity index (χ1n) is 5.25. The van der Waals surface area contributed by atoms with Crippen molar-refractivity contribution in [1.82, 2.24) is 0 Å². The number of rotatable bonds is 4. The number of carbonyl (C=O) groups is 1. The number of likely N-dealkylation sites (N-methyl/N-ethyl adjacent to an activating group) is 1. The van der Waals surface area contributed by atoms with E-state index in [2.05, 4.69) is 4.74 Å². The number of hydrogen-bond acceptors (Lipinski definition) is 4. The van der Waals surface area contributed by atoms with Crippen molar-refractivity contribution in [2.45, 2.75) is 6.92 Å². The SMILES string of the molecule is CCN(CC(=O)OC)c1ccc(C#N)c(F)c1F. The molecule has 0 heterocycles. The predicted molar refractivity (Wildman–Crippen MR) is 61.0 cm³/mol. The summed E-state index contributed by atoms with van der Waals surface area (Å²) in [4.78, 5) is 12.5. The molecule has 18 heavy (non-hydrogen) atoms. The highest BCUT2D eigenvalue weighted by molar-refractivity contribution is 5.75. The predicted octanol–water partition coefficient (Wildman–Crippen LogP) is 1.84. The third kappa shape index (κ3) is 2.74. The molecule has 0 N–H and O–H groups in total. The molecule has 0 aromatic heterocycles. The van der Waals surface area contributed by atoms with Crippen LogP contribution in [-0.2, 0) is 9.53 Å². The van der Waals surface area contributed by atoms with Gasteiger partial charge in [0.1, 0.15) is 12.6 Å². The van der Waals surface area contributed by atoms with Gasteiger partial charge in [-0.1, -0.05) is 0 Å². The number of benzene rings is 1. The summed E-state index contributed by atoms with van der Waals surface area (Å²) < 4.78 is 31.6. The Morgan fingerprint density at radius 2 is 2.11 bits per heavy atom. The smallest absolute Gasteiger partial charge is 0.325 e. The zero-order valence-corrected chi connectivity index (χ0v) is 10.0. The first kappa shape index (κ1) is 13.9. The van der Waals surface area contributed by atoms with Gasteiger partial charge in [0.05, 0.1) is 18.4 Å². The maximum absolute atomic E-state index is 13.7. The van der Waals surface area contributed by atoms with E-state index in [-0.39, 0.29) is 17.8 Å². The van der Waals surface area contributed by atoms with E-state index in [9.17, 15) is 13.6 Å². The summed E-state index contributed by atoms with van der Waals surface area (Å²) in [6, 6.07) is 3.99. The molecule has 0 unspecified atom stereocenters. The molecule has 1 aromatic rings. The number of ether oxygens (including phenoxy) is 1. The van der Waals surface area contributed by atoms with Crippen LogP contribution in [0.4, 0.5) is 14.5 Å². The van der Waals surface area contributed by atoms with Crippen molar-refractivity contribution < 1.29 is 18.3 Å². The molecule has 0 radical (unpaired) electrons. The molecule has 0 saturated heterocycles. The minimum Gasteiger partial charge on any atom is -0.468 e. The second-order valence-corrected chi connectivity index (χ2v) is 3.46. The number of nitriles is 1. The minimum absolute atomic E-state index is 0.0700. The molecule has 0 amide bonds. The van der Waals surface area contributed by atoms with E-state index >= 15 is 0 Å². The molecule has 0 atom stereocenters. The van der Waals surface area contributed by atoms with Gasteiger partial charge in [0.15, 0.2) is 11.6 Å². The molecular formula is C12H12F2N2O2. The van der Waals surface area contributed by atoms with E-state index in [1.807, 2.05) is 0 Å². The van der Waals surface area contributed by atoms with Gasteiger partial charge in [-0.25, -0.2) is 8.78 Å². The topological polar surface area (TPSA) is 53.3 Å². The number of hydrogen-bond donors (Lipinski definition) is 0. The van der Waals surface area contributed by atoms with Gasteiger partial charge < -0.3 is 9.64 Å². The van der Waals surface area contributed by atoms with Crippen molar-refractivity contribution >= 4 is 11.7 Å². The van der Waals surface area contributed by atoms with Gasteiger partial charge in [-0.15, -0.1) is 0 Å². The molecule has 0 fully saturated rings. The highest BCUT2D eigenvalue weighted by Crippen LogP contribution is 2.23. The van der Waals surface area contributed by atoms with E-state index in [1.165, 1.54) is 24.1 Å². The van der Waals surface area contributed by atoms with E-state index < -0.39 is 17.6 Å². The number of nitrogens with zero attached hydrogens (tertiary/aromatic N) is 2. The summed E-state index contributed by atoms with van der Waals surface area (Å²) in [6.07, 6.45) is 0. The van der Waals surface area contributed by atoms with Crippen LogP contribution in [0.3, 0.4) is 0 Å². The van der Waals surface area contributed by atoms with Crippen molar-refractivity contribution in [3.63, 3.8) is 0 Å². The number of methoxy groups -OCH3 is 1. The Morgan fingerprint density at radius 3 is 2.61 bits per heavy atom. The number of carbonyl (C=O) groups excluding carboxylic acids is 1. The summed E-state index contributed by atoms with van der Waals surface area (Å²) >= 11 is 0. The lowest BCUT2D eigenvalue weighted by Gasteiger charge is -2.22. The van der Waals surface area contributed by atoms with Crippen molar-refractivity contribution in [1.29, 1.82) is 5.26 Å². The second-order valence-electron chi connectivity index (χ2n) is 3.46. The van der Waals surface area contributed by atoms with Gasteiger partial charge in [0, 0.05) is 6.54 Å². The van der Waals surface area contributed by atoms with Crippen LogP contribution in [0.15, 0.2) is 12.1 Å². The van der Waals surface area contributed by atoms with E-state index in [0.717, 1.165) is 0 Å². The molecule has 0 aliphatic carbocycles. The van der Waals surface area contributed by atoms with Crippen LogP contribution in [0.5, 0.6) is 0 Å². The maximum atomic E-state index is 13.7. The van der Waals surface area contributed by atoms with Crippen LogP contribution in [0, 0.1) is 23.0 Å². The second kappa shape index (κ2) is 5.96. The van der Waals surface area contributed by atoms with Gasteiger partial charge in [0.25, 0.3) is 0 Å².